The first kappa shape index (κ1) is 18.0. The van der Waals surface area contributed by atoms with E-state index in [0.717, 1.165) is 16.6 Å². The summed E-state index contributed by atoms with van der Waals surface area (Å²) in [7, 11) is 1.79. The maximum Gasteiger partial charge on any atom is 0.339 e. The second-order valence-corrected chi connectivity index (χ2v) is 6.43. The van der Waals surface area contributed by atoms with Crippen molar-refractivity contribution in [2.45, 2.75) is 20.8 Å². The van der Waals surface area contributed by atoms with E-state index >= 15 is 0 Å². The third kappa shape index (κ3) is 3.30. The first-order valence-electron chi connectivity index (χ1n) is 7.92. The number of fused-ring (bicyclic) bond motifs is 1. The van der Waals surface area contributed by atoms with Crippen LogP contribution in [-0.2, 0) is 11.8 Å². The number of anilines is 1. The number of aryl methyl sites for hydroxylation is 2. The maximum atomic E-state index is 12.1. The average Bonchev–Trinajstić information content (AvgIpc) is 2.91. The van der Waals surface area contributed by atoms with E-state index in [1.54, 1.807) is 30.9 Å². The molecule has 0 aliphatic carbocycles. The summed E-state index contributed by atoms with van der Waals surface area (Å²) in [5.74, 6) is -0.0811. The highest BCUT2D eigenvalue weighted by Crippen LogP contribution is 2.31. The molecule has 2 aromatic heterocycles. The summed E-state index contributed by atoms with van der Waals surface area (Å²) >= 11 is 6.25. The van der Waals surface area contributed by atoms with E-state index < -0.39 is 5.63 Å². The second kappa shape index (κ2) is 6.84. The summed E-state index contributed by atoms with van der Waals surface area (Å²) in [4.78, 5) is 23.9. The summed E-state index contributed by atoms with van der Waals surface area (Å²) in [6.07, 6.45) is 1.57. The third-order valence-corrected chi connectivity index (χ3v) is 4.67. The van der Waals surface area contributed by atoms with Gasteiger partial charge in [-0.15, -0.1) is 0 Å². The predicted octanol–water partition coefficient (Wildman–Crippen LogP) is 3.12. The minimum absolute atomic E-state index is 0.241. The van der Waals surface area contributed by atoms with Crippen molar-refractivity contribution >= 4 is 34.2 Å². The summed E-state index contributed by atoms with van der Waals surface area (Å²) in [5.41, 5.74) is 2.73. The van der Waals surface area contributed by atoms with Crippen LogP contribution in [0.3, 0.4) is 0 Å². The fraction of sp³-hybridized carbons (Fsp3) is 0.278. The Morgan fingerprint density at radius 2 is 2.04 bits per heavy atom. The number of nitrogens with one attached hydrogen (secondary N) is 1. The molecule has 3 rings (SSSR count). The van der Waals surface area contributed by atoms with Gasteiger partial charge in [0, 0.05) is 24.1 Å². The number of rotatable bonds is 4. The monoisotopic (exact) mass is 375 g/mol. The molecule has 0 aliphatic heterocycles. The second-order valence-electron chi connectivity index (χ2n) is 6.02. The van der Waals surface area contributed by atoms with Crippen LogP contribution in [0.5, 0.6) is 5.75 Å². The molecule has 7 nitrogen and oxygen atoms in total. The van der Waals surface area contributed by atoms with Crippen molar-refractivity contribution in [1.82, 2.24) is 9.78 Å². The van der Waals surface area contributed by atoms with E-state index in [0.29, 0.717) is 21.9 Å². The number of halogens is 1. The number of carbonyl (C=O) groups excluding carboxylic acids is 1. The standard InChI is InChI=1S/C18H18ClN3O4/c1-9-10(2)18(24)26-15-6-16(13(19)5-12(9)15)25-8-17(23)21-14-7-20-22(4)11(14)3/h5-7H,8H2,1-4H3,(H,21,23). The van der Waals surface area contributed by atoms with Crippen LogP contribution in [0.25, 0.3) is 11.0 Å². The molecule has 26 heavy (non-hydrogen) atoms. The Kier molecular flexibility index (Phi) is 4.73. The number of benzene rings is 1. The fourth-order valence-corrected chi connectivity index (χ4v) is 2.72. The van der Waals surface area contributed by atoms with Gasteiger partial charge in [0.2, 0.25) is 0 Å². The van der Waals surface area contributed by atoms with Gasteiger partial charge in [0.05, 0.1) is 22.6 Å². The molecule has 0 unspecified atom stereocenters. The van der Waals surface area contributed by atoms with Gasteiger partial charge in [-0.3, -0.25) is 9.48 Å². The molecule has 136 valence electrons. The van der Waals surface area contributed by atoms with E-state index in [4.69, 9.17) is 20.8 Å². The molecule has 3 aromatic rings. The van der Waals surface area contributed by atoms with E-state index in [1.165, 1.54) is 6.07 Å². The molecule has 0 spiro atoms. The lowest BCUT2D eigenvalue weighted by Gasteiger charge is -2.11. The van der Waals surface area contributed by atoms with Crippen LogP contribution in [0.4, 0.5) is 5.69 Å². The molecule has 1 amide bonds. The molecule has 0 saturated heterocycles. The quantitative estimate of drug-likeness (QED) is 0.708. The predicted molar refractivity (Wildman–Crippen MR) is 99.0 cm³/mol. The molecule has 8 heteroatoms. The number of ether oxygens (including phenoxy) is 1. The lowest BCUT2D eigenvalue weighted by atomic mass is 10.1. The number of hydrogen-bond acceptors (Lipinski definition) is 5. The van der Waals surface area contributed by atoms with Crippen LogP contribution in [0.1, 0.15) is 16.8 Å². The van der Waals surface area contributed by atoms with Crippen LogP contribution in [-0.4, -0.2) is 22.3 Å². The Labute approximate surface area is 154 Å². The van der Waals surface area contributed by atoms with Crippen molar-refractivity contribution in [2.75, 3.05) is 11.9 Å². The molecular weight excluding hydrogens is 358 g/mol. The van der Waals surface area contributed by atoms with Crippen molar-refractivity contribution in [2.24, 2.45) is 7.05 Å². The first-order chi connectivity index (χ1) is 12.3. The van der Waals surface area contributed by atoms with Crippen molar-refractivity contribution < 1.29 is 13.9 Å². The molecule has 1 aromatic carbocycles. The third-order valence-electron chi connectivity index (χ3n) is 4.38. The molecule has 0 saturated carbocycles. The highest BCUT2D eigenvalue weighted by molar-refractivity contribution is 6.32. The van der Waals surface area contributed by atoms with Gasteiger partial charge in [-0.05, 0) is 32.4 Å². The lowest BCUT2D eigenvalue weighted by Crippen LogP contribution is -2.20. The minimum Gasteiger partial charge on any atom is -0.482 e. The summed E-state index contributed by atoms with van der Waals surface area (Å²) in [6, 6.07) is 3.19. The molecule has 0 aliphatic rings. The topological polar surface area (TPSA) is 86.4 Å². The van der Waals surface area contributed by atoms with Gasteiger partial charge < -0.3 is 14.5 Å². The van der Waals surface area contributed by atoms with Gasteiger partial charge in [-0.1, -0.05) is 11.6 Å². The number of aromatic nitrogens is 2. The zero-order valence-electron chi connectivity index (χ0n) is 14.8. The van der Waals surface area contributed by atoms with Gasteiger partial charge in [0.25, 0.3) is 5.91 Å². The summed E-state index contributed by atoms with van der Waals surface area (Å²) in [6.45, 7) is 5.13. The van der Waals surface area contributed by atoms with Gasteiger partial charge >= 0.3 is 5.63 Å². The number of hydrogen-bond donors (Lipinski definition) is 1. The first-order valence-corrected chi connectivity index (χ1v) is 8.30. The van der Waals surface area contributed by atoms with E-state index in [-0.39, 0.29) is 18.3 Å². The Hall–Kier alpha value is -2.80. The summed E-state index contributed by atoms with van der Waals surface area (Å²) in [5, 5.41) is 7.84. The Bertz CT molecular complexity index is 1070. The van der Waals surface area contributed by atoms with E-state index in [1.807, 2.05) is 13.8 Å². The van der Waals surface area contributed by atoms with Crippen LogP contribution in [0.2, 0.25) is 5.02 Å². The summed E-state index contributed by atoms with van der Waals surface area (Å²) < 4.78 is 12.4. The molecule has 0 radical (unpaired) electrons. The lowest BCUT2D eigenvalue weighted by molar-refractivity contribution is -0.118. The van der Waals surface area contributed by atoms with E-state index in [2.05, 4.69) is 10.4 Å². The van der Waals surface area contributed by atoms with Gasteiger partial charge in [0.1, 0.15) is 11.3 Å². The molecule has 0 fully saturated rings. The van der Waals surface area contributed by atoms with Gasteiger partial charge in [0.15, 0.2) is 6.61 Å². The molecule has 1 N–H and O–H groups in total. The van der Waals surface area contributed by atoms with Crippen LogP contribution in [0, 0.1) is 20.8 Å². The Balaban J connectivity index is 1.79. The number of carbonyl (C=O) groups is 1. The largest absolute Gasteiger partial charge is 0.482 e. The van der Waals surface area contributed by atoms with E-state index in [9.17, 15) is 9.59 Å². The van der Waals surface area contributed by atoms with Crippen molar-refractivity contribution in [3.8, 4) is 5.75 Å². The van der Waals surface area contributed by atoms with Crippen molar-refractivity contribution in [3.05, 3.63) is 50.6 Å². The smallest absolute Gasteiger partial charge is 0.339 e. The zero-order valence-corrected chi connectivity index (χ0v) is 15.6. The highest BCUT2D eigenvalue weighted by atomic mass is 35.5. The maximum absolute atomic E-state index is 12.1. The van der Waals surface area contributed by atoms with Gasteiger partial charge in [-0.25, -0.2) is 4.79 Å². The van der Waals surface area contributed by atoms with Crippen molar-refractivity contribution in [1.29, 1.82) is 0 Å². The normalized spacial score (nSPS) is 11.0. The fourth-order valence-electron chi connectivity index (χ4n) is 2.51. The van der Waals surface area contributed by atoms with Crippen LogP contribution >= 0.6 is 11.6 Å². The zero-order chi connectivity index (χ0) is 19.0. The van der Waals surface area contributed by atoms with Crippen LogP contribution in [0.15, 0.2) is 27.5 Å². The highest BCUT2D eigenvalue weighted by Gasteiger charge is 2.14. The molecule has 0 bridgehead atoms. The van der Waals surface area contributed by atoms with Crippen LogP contribution < -0.4 is 15.7 Å². The minimum atomic E-state index is -0.409. The average molecular weight is 376 g/mol. The molecular formula is C18H18ClN3O4. The Morgan fingerprint density at radius 3 is 2.69 bits per heavy atom. The molecule has 2 heterocycles. The van der Waals surface area contributed by atoms with Crippen molar-refractivity contribution in [3.63, 3.8) is 0 Å². The molecule has 0 atom stereocenters. The Morgan fingerprint density at radius 1 is 1.31 bits per heavy atom. The number of nitrogens with zero attached hydrogens (tertiary/aromatic N) is 2. The number of amides is 1. The van der Waals surface area contributed by atoms with Gasteiger partial charge in [-0.2, -0.15) is 5.10 Å². The SMILES string of the molecule is Cc1c(C)c2cc(Cl)c(OCC(=O)Nc3cnn(C)c3C)cc2oc1=O.